The van der Waals surface area contributed by atoms with Crippen LogP contribution in [0.5, 0.6) is 17.2 Å². The Labute approximate surface area is 203 Å². The van der Waals surface area contributed by atoms with Crippen LogP contribution in [0.15, 0.2) is 88.4 Å². The lowest BCUT2D eigenvalue weighted by atomic mass is 10.1. The largest absolute Gasteiger partial charge is 0.507 e. The first-order valence-electron chi connectivity index (χ1n) is 10.2. The molecule has 4 rings (SSSR count). The molecular weight excluding hydrogens is 500 g/mol. The topological polar surface area (TPSA) is 97.2 Å². The summed E-state index contributed by atoms with van der Waals surface area (Å²) >= 11 is 3.38. The van der Waals surface area contributed by atoms with Crippen molar-refractivity contribution in [2.45, 2.75) is 0 Å². The highest BCUT2D eigenvalue weighted by Crippen LogP contribution is 2.25. The van der Waals surface area contributed by atoms with E-state index >= 15 is 0 Å². The fraction of sp³-hybridized carbons (Fsp3) is 0.0385. The molecule has 34 heavy (non-hydrogen) atoms. The summed E-state index contributed by atoms with van der Waals surface area (Å²) in [6.45, 7) is 0. The predicted molar refractivity (Wildman–Crippen MR) is 133 cm³/mol. The lowest BCUT2D eigenvalue weighted by Crippen LogP contribution is -2.18. The molecule has 4 aromatic carbocycles. The van der Waals surface area contributed by atoms with Gasteiger partial charge in [0, 0.05) is 10.0 Å². The Bertz CT molecular complexity index is 1400. The van der Waals surface area contributed by atoms with E-state index in [9.17, 15) is 14.7 Å². The molecule has 0 unspecified atom stereocenters. The van der Waals surface area contributed by atoms with E-state index in [0.29, 0.717) is 16.9 Å². The molecule has 0 fully saturated rings. The SMILES string of the molecule is COc1ccc(C(=O)Oc2ccc(Br)cc2C=NNC(=O)c2cc3ccccc3cc2O)cc1. The number of halogens is 1. The number of carbonyl (C=O) groups excluding carboxylic acids is 2. The number of benzene rings is 4. The van der Waals surface area contributed by atoms with Gasteiger partial charge in [0.25, 0.3) is 5.91 Å². The van der Waals surface area contributed by atoms with Crippen LogP contribution in [-0.2, 0) is 0 Å². The third-order valence-corrected chi connectivity index (χ3v) is 5.47. The van der Waals surface area contributed by atoms with E-state index < -0.39 is 11.9 Å². The third kappa shape index (κ3) is 5.24. The van der Waals surface area contributed by atoms with Gasteiger partial charge in [0.15, 0.2) is 0 Å². The molecule has 0 aliphatic carbocycles. The zero-order valence-corrected chi connectivity index (χ0v) is 19.6. The van der Waals surface area contributed by atoms with Crippen molar-refractivity contribution in [2.75, 3.05) is 7.11 Å². The molecule has 8 heteroatoms. The monoisotopic (exact) mass is 518 g/mol. The van der Waals surface area contributed by atoms with Crippen molar-refractivity contribution < 1.29 is 24.2 Å². The van der Waals surface area contributed by atoms with Gasteiger partial charge in [-0.15, -0.1) is 0 Å². The number of nitrogens with zero attached hydrogens (tertiary/aromatic N) is 1. The number of hydrogen-bond acceptors (Lipinski definition) is 6. The number of hydrazone groups is 1. The van der Waals surface area contributed by atoms with Crippen molar-refractivity contribution >= 4 is 44.8 Å². The maximum Gasteiger partial charge on any atom is 0.343 e. The second-order valence-corrected chi connectivity index (χ2v) is 8.13. The average Bonchev–Trinajstić information content (AvgIpc) is 2.85. The highest BCUT2D eigenvalue weighted by molar-refractivity contribution is 9.10. The molecule has 0 heterocycles. The van der Waals surface area contributed by atoms with Crippen molar-refractivity contribution in [3.05, 3.63) is 100 Å². The molecule has 0 radical (unpaired) electrons. The summed E-state index contributed by atoms with van der Waals surface area (Å²) in [5.74, 6) is -0.393. The van der Waals surface area contributed by atoms with Crippen molar-refractivity contribution in [3.8, 4) is 17.2 Å². The molecule has 0 saturated carbocycles. The van der Waals surface area contributed by atoms with Gasteiger partial charge in [-0.25, -0.2) is 10.2 Å². The van der Waals surface area contributed by atoms with Gasteiger partial charge in [-0.1, -0.05) is 40.2 Å². The summed E-state index contributed by atoms with van der Waals surface area (Å²) < 4.78 is 11.4. The molecule has 0 aliphatic heterocycles. The van der Waals surface area contributed by atoms with Crippen LogP contribution in [0.2, 0.25) is 0 Å². The number of methoxy groups -OCH3 is 1. The van der Waals surface area contributed by atoms with Crippen LogP contribution < -0.4 is 14.9 Å². The molecule has 0 atom stereocenters. The minimum Gasteiger partial charge on any atom is -0.507 e. The number of amides is 1. The average molecular weight is 519 g/mol. The van der Waals surface area contributed by atoms with Crippen LogP contribution in [-0.4, -0.2) is 30.3 Å². The summed E-state index contributed by atoms with van der Waals surface area (Å²) in [6, 6.07) is 22.1. The molecule has 7 nitrogen and oxygen atoms in total. The quantitative estimate of drug-likeness (QED) is 0.156. The van der Waals surface area contributed by atoms with E-state index in [4.69, 9.17) is 9.47 Å². The van der Waals surface area contributed by atoms with Gasteiger partial charge in [0.2, 0.25) is 0 Å². The van der Waals surface area contributed by atoms with Crippen LogP contribution in [0.25, 0.3) is 10.8 Å². The van der Waals surface area contributed by atoms with Gasteiger partial charge in [-0.3, -0.25) is 4.79 Å². The summed E-state index contributed by atoms with van der Waals surface area (Å²) in [6.07, 6.45) is 1.36. The number of hydrogen-bond donors (Lipinski definition) is 2. The maximum absolute atomic E-state index is 12.6. The fourth-order valence-corrected chi connectivity index (χ4v) is 3.61. The third-order valence-electron chi connectivity index (χ3n) is 4.98. The van der Waals surface area contributed by atoms with Gasteiger partial charge < -0.3 is 14.6 Å². The zero-order valence-electron chi connectivity index (χ0n) is 18.0. The number of phenolic OH excluding ortho intramolecular Hbond substituents is 1. The smallest absolute Gasteiger partial charge is 0.343 e. The highest BCUT2D eigenvalue weighted by Gasteiger charge is 2.14. The predicted octanol–water partition coefficient (Wildman–Crippen LogP) is 5.30. The summed E-state index contributed by atoms with van der Waals surface area (Å²) in [5.41, 5.74) is 3.30. The van der Waals surface area contributed by atoms with Crippen molar-refractivity contribution in [3.63, 3.8) is 0 Å². The van der Waals surface area contributed by atoms with Gasteiger partial charge in [-0.2, -0.15) is 5.10 Å². The van der Waals surface area contributed by atoms with Crippen molar-refractivity contribution in [1.29, 1.82) is 0 Å². The van der Waals surface area contributed by atoms with Gasteiger partial charge in [0.1, 0.15) is 17.2 Å². The Morgan fingerprint density at radius 3 is 2.38 bits per heavy atom. The normalized spacial score (nSPS) is 10.9. The molecular formula is C26H19BrN2O5. The molecule has 0 spiro atoms. The number of ether oxygens (including phenoxy) is 2. The van der Waals surface area contributed by atoms with Gasteiger partial charge >= 0.3 is 5.97 Å². The number of fused-ring (bicyclic) bond motifs is 1. The first-order chi connectivity index (χ1) is 16.4. The minimum absolute atomic E-state index is 0.0937. The Balaban J connectivity index is 1.50. The van der Waals surface area contributed by atoms with Crippen LogP contribution >= 0.6 is 15.9 Å². The minimum atomic E-state index is -0.578. The second kappa shape index (κ2) is 10.2. The van der Waals surface area contributed by atoms with E-state index in [0.717, 1.165) is 15.2 Å². The fourth-order valence-electron chi connectivity index (χ4n) is 3.23. The van der Waals surface area contributed by atoms with Crippen LogP contribution in [0, 0.1) is 0 Å². The number of esters is 1. The molecule has 0 bridgehead atoms. The molecule has 0 aliphatic rings. The number of rotatable bonds is 6. The highest BCUT2D eigenvalue weighted by atomic mass is 79.9. The standard InChI is InChI=1S/C26H19BrN2O5/c1-33-21-9-6-16(7-10-21)26(32)34-24-11-8-20(27)12-19(24)15-28-29-25(31)22-13-17-4-2-3-5-18(17)14-23(22)30/h2-15,30H,1H3,(H,29,31). The Hall–Kier alpha value is -4.17. The van der Waals surface area contributed by atoms with Gasteiger partial charge in [0.05, 0.1) is 24.5 Å². The van der Waals surface area contributed by atoms with E-state index in [1.807, 2.05) is 24.3 Å². The van der Waals surface area contributed by atoms with Crippen LogP contribution in [0.3, 0.4) is 0 Å². The molecule has 0 saturated heterocycles. The van der Waals surface area contributed by atoms with E-state index in [2.05, 4.69) is 26.5 Å². The molecule has 2 N–H and O–H groups in total. The first-order valence-corrected chi connectivity index (χ1v) is 10.9. The van der Waals surface area contributed by atoms with Crippen LogP contribution in [0.4, 0.5) is 0 Å². The Morgan fingerprint density at radius 1 is 0.971 bits per heavy atom. The molecule has 0 aromatic heterocycles. The second-order valence-electron chi connectivity index (χ2n) is 7.22. The Morgan fingerprint density at radius 2 is 1.68 bits per heavy atom. The van der Waals surface area contributed by atoms with E-state index in [-0.39, 0.29) is 17.1 Å². The molecule has 170 valence electrons. The van der Waals surface area contributed by atoms with Crippen LogP contribution in [0.1, 0.15) is 26.3 Å². The van der Waals surface area contributed by atoms with Crippen molar-refractivity contribution in [1.82, 2.24) is 5.43 Å². The summed E-state index contributed by atoms with van der Waals surface area (Å²) in [7, 11) is 1.54. The Kier molecular flexibility index (Phi) is 6.89. The van der Waals surface area contributed by atoms with Gasteiger partial charge in [-0.05, 0) is 65.4 Å². The van der Waals surface area contributed by atoms with Crippen molar-refractivity contribution in [2.24, 2.45) is 5.10 Å². The summed E-state index contributed by atoms with van der Waals surface area (Å²) in [4.78, 5) is 25.1. The molecule has 1 amide bonds. The first kappa shape index (κ1) is 23.0. The number of nitrogens with one attached hydrogen (secondary N) is 1. The summed E-state index contributed by atoms with van der Waals surface area (Å²) in [5, 5.41) is 15.8. The zero-order chi connectivity index (χ0) is 24.1. The number of phenols is 1. The lowest BCUT2D eigenvalue weighted by molar-refractivity contribution is 0.0734. The molecule has 4 aromatic rings. The lowest BCUT2D eigenvalue weighted by Gasteiger charge is -2.09. The van der Waals surface area contributed by atoms with E-state index in [1.54, 1.807) is 55.6 Å². The van der Waals surface area contributed by atoms with E-state index in [1.165, 1.54) is 12.3 Å². The number of aromatic hydroxyl groups is 1. The number of carbonyl (C=O) groups is 2. The maximum atomic E-state index is 12.6.